The first kappa shape index (κ1) is 12.5. The number of aromatic amines is 1. The van der Waals surface area contributed by atoms with Gasteiger partial charge in [0.15, 0.2) is 5.82 Å². The van der Waals surface area contributed by atoms with Gasteiger partial charge in [-0.05, 0) is 31.0 Å². The Kier molecular flexibility index (Phi) is 3.87. The SMILES string of the molecule is CCCNc1n[nH]c(C)c1-c1ccc(OC)cc1. The number of nitrogens with one attached hydrogen (secondary N) is 2. The van der Waals surface area contributed by atoms with Crippen LogP contribution < -0.4 is 10.1 Å². The summed E-state index contributed by atoms with van der Waals surface area (Å²) < 4.78 is 5.17. The molecule has 2 N–H and O–H groups in total. The summed E-state index contributed by atoms with van der Waals surface area (Å²) in [6, 6.07) is 8.03. The van der Waals surface area contributed by atoms with Crippen molar-refractivity contribution < 1.29 is 4.74 Å². The van der Waals surface area contributed by atoms with E-state index in [1.54, 1.807) is 7.11 Å². The molecule has 0 aliphatic heterocycles. The standard InChI is InChI=1S/C14H19N3O/c1-4-9-15-14-13(10(2)16-17-14)11-5-7-12(18-3)8-6-11/h5-8H,4,9H2,1-3H3,(H2,15,16,17). The second-order valence-corrected chi connectivity index (χ2v) is 4.23. The maximum atomic E-state index is 5.17. The fraction of sp³-hybridized carbons (Fsp3) is 0.357. The molecule has 0 saturated carbocycles. The first-order valence-electron chi connectivity index (χ1n) is 6.19. The molecule has 4 nitrogen and oxygen atoms in total. The van der Waals surface area contributed by atoms with Gasteiger partial charge in [-0.3, -0.25) is 5.10 Å². The van der Waals surface area contributed by atoms with Crippen molar-refractivity contribution in [2.75, 3.05) is 19.0 Å². The van der Waals surface area contributed by atoms with Crippen LogP contribution in [0.15, 0.2) is 24.3 Å². The van der Waals surface area contributed by atoms with E-state index in [0.29, 0.717) is 0 Å². The fourth-order valence-electron chi connectivity index (χ4n) is 1.91. The van der Waals surface area contributed by atoms with E-state index in [4.69, 9.17) is 4.74 Å². The van der Waals surface area contributed by atoms with Gasteiger partial charge < -0.3 is 10.1 Å². The topological polar surface area (TPSA) is 49.9 Å². The third-order valence-corrected chi connectivity index (χ3v) is 2.87. The van der Waals surface area contributed by atoms with Gasteiger partial charge in [0.2, 0.25) is 0 Å². The van der Waals surface area contributed by atoms with Gasteiger partial charge in [-0.1, -0.05) is 19.1 Å². The van der Waals surface area contributed by atoms with E-state index < -0.39 is 0 Å². The molecule has 0 spiro atoms. The molecular weight excluding hydrogens is 226 g/mol. The number of ether oxygens (including phenoxy) is 1. The van der Waals surface area contributed by atoms with Crippen molar-refractivity contribution in [2.45, 2.75) is 20.3 Å². The Labute approximate surface area is 107 Å². The Hall–Kier alpha value is -1.97. The number of aromatic nitrogens is 2. The number of nitrogens with zero attached hydrogens (tertiary/aromatic N) is 1. The Morgan fingerprint density at radius 1 is 1.28 bits per heavy atom. The van der Waals surface area contributed by atoms with E-state index >= 15 is 0 Å². The van der Waals surface area contributed by atoms with E-state index in [9.17, 15) is 0 Å². The van der Waals surface area contributed by atoms with Crippen LogP contribution in [0.4, 0.5) is 5.82 Å². The van der Waals surface area contributed by atoms with Gasteiger partial charge in [-0.2, -0.15) is 5.10 Å². The van der Waals surface area contributed by atoms with Gasteiger partial charge in [-0.25, -0.2) is 0 Å². The summed E-state index contributed by atoms with van der Waals surface area (Å²) in [4.78, 5) is 0. The molecule has 96 valence electrons. The number of H-pyrrole nitrogens is 1. The quantitative estimate of drug-likeness (QED) is 0.850. The van der Waals surface area contributed by atoms with Crippen molar-refractivity contribution in [3.8, 4) is 16.9 Å². The number of hydrogen-bond acceptors (Lipinski definition) is 3. The summed E-state index contributed by atoms with van der Waals surface area (Å²) >= 11 is 0. The first-order chi connectivity index (χ1) is 8.76. The number of hydrogen-bond donors (Lipinski definition) is 2. The van der Waals surface area contributed by atoms with Crippen molar-refractivity contribution >= 4 is 5.82 Å². The molecule has 1 aromatic carbocycles. The van der Waals surface area contributed by atoms with Crippen LogP contribution in [-0.4, -0.2) is 23.9 Å². The molecule has 2 aromatic rings. The molecule has 1 heterocycles. The third kappa shape index (κ3) is 2.47. The van der Waals surface area contributed by atoms with Crippen molar-refractivity contribution in [3.63, 3.8) is 0 Å². The Morgan fingerprint density at radius 3 is 2.61 bits per heavy atom. The predicted octanol–water partition coefficient (Wildman–Crippen LogP) is 3.22. The van der Waals surface area contributed by atoms with E-state index in [1.165, 1.54) is 0 Å². The molecule has 0 aliphatic carbocycles. The predicted molar refractivity (Wildman–Crippen MR) is 74.1 cm³/mol. The molecule has 0 aliphatic rings. The summed E-state index contributed by atoms with van der Waals surface area (Å²) in [6.07, 6.45) is 1.08. The van der Waals surface area contributed by atoms with Crippen molar-refractivity contribution in [3.05, 3.63) is 30.0 Å². The zero-order chi connectivity index (χ0) is 13.0. The Balaban J connectivity index is 2.32. The highest BCUT2D eigenvalue weighted by molar-refractivity contribution is 5.77. The molecule has 0 fully saturated rings. The average Bonchev–Trinajstić information content (AvgIpc) is 2.77. The van der Waals surface area contributed by atoms with E-state index in [0.717, 1.165) is 41.4 Å². The lowest BCUT2D eigenvalue weighted by Crippen LogP contribution is -2.01. The Bertz CT molecular complexity index is 502. The fourth-order valence-corrected chi connectivity index (χ4v) is 1.91. The van der Waals surface area contributed by atoms with Crippen molar-refractivity contribution in [1.82, 2.24) is 10.2 Å². The highest BCUT2D eigenvalue weighted by atomic mass is 16.5. The lowest BCUT2D eigenvalue weighted by Gasteiger charge is -2.07. The van der Waals surface area contributed by atoms with Gasteiger partial charge in [0.05, 0.1) is 7.11 Å². The van der Waals surface area contributed by atoms with E-state index in [-0.39, 0.29) is 0 Å². The zero-order valence-electron chi connectivity index (χ0n) is 11.1. The summed E-state index contributed by atoms with van der Waals surface area (Å²) in [7, 11) is 1.67. The molecule has 4 heteroatoms. The van der Waals surface area contributed by atoms with Crippen LogP contribution in [0.1, 0.15) is 19.0 Å². The number of rotatable bonds is 5. The molecule has 1 aromatic heterocycles. The van der Waals surface area contributed by atoms with Crippen LogP contribution in [0.25, 0.3) is 11.1 Å². The summed E-state index contributed by atoms with van der Waals surface area (Å²) in [5.41, 5.74) is 3.34. The molecule has 0 unspecified atom stereocenters. The lowest BCUT2D eigenvalue weighted by atomic mass is 10.1. The molecular formula is C14H19N3O. The van der Waals surface area contributed by atoms with Gasteiger partial charge in [-0.15, -0.1) is 0 Å². The van der Waals surface area contributed by atoms with Crippen LogP contribution in [0.2, 0.25) is 0 Å². The summed E-state index contributed by atoms with van der Waals surface area (Å²) in [5.74, 6) is 1.78. The molecule has 18 heavy (non-hydrogen) atoms. The number of benzene rings is 1. The highest BCUT2D eigenvalue weighted by Gasteiger charge is 2.11. The largest absolute Gasteiger partial charge is 0.497 e. The number of methoxy groups -OCH3 is 1. The second kappa shape index (κ2) is 5.58. The van der Waals surface area contributed by atoms with Crippen LogP contribution >= 0.6 is 0 Å². The van der Waals surface area contributed by atoms with Gasteiger partial charge in [0, 0.05) is 17.8 Å². The van der Waals surface area contributed by atoms with Crippen LogP contribution in [0.3, 0.4) is 0 Å². The number of aryl methyl sites for hydroxylation is 1. The van der Waals surface area contributed by atoms with Crippen molar-refractivity contribution in [1.29, 1.82) is 0 Å². The minimum absolute atomic E-state index is 0.864. The molecule has 2 rings (SSSR count). The molecule has 0 atom stereocenters. The average molecular weight is 245 g/mol. The lowest BCUT2D eigenvalue weighted by molar-refractivity contribution is 0.415. The van der Waals surface area contributed by atoms with Crippen molar-refractivity contribution in [2.24, 2.45) is 0 Å². The monoisotopic (exact) mass is 245 g/mol. The summed E-state index contributed by atoms with van der Waals surface area (Å²) in [5, 5.41) is 10.7. The Morgan fingerprint density at radius 2 is 2.00 bits per heavy atom. The maximum absolute atomic E-state index is 5.17. The first-order valence-corrected chi connectivity index (χ1v) is 6.19. The maximum Gasteiger partial charge on any atom is 0.155 e. The molecule has 0 saturated heterocycles. The van der Waals surface area contributed by atoms with Crippen LogP contribution in [-0.2, 0) is 0 Å². The van der Waals surface area contributed by atoms with Gasteiger partial charge in [0.1, 0.15) is 5.75 Å². The van der Waals surface area contributed by atoms with Crippen LogP contribution in [0.5, 0.6) is 5.75 Å². The molecule has 0 amide bonds. The normalized spacial score (nSPS) is 10.4. The van der Waals surface area contributed by atoms with Crippen LogP contribution in [0, 0.1) is 6.92 Å². The minimum atomic E-state index is 0.864. The summed E-state index contributed by atoms with van der Waals surface area (Å²) in [6.45, 7) is 5.09. The zero-order valence-corrected chi connectivity index (χ0v) is 11.1. The van der Waals surface area contributed by atoms with E-state index in [2.05, 4.69) is 22.4 Å². The molecule has 0 radical (unpaired) electrons. The van der Waals surface area contributed by atoms with E-state index in [1.807, 2.05) is 31.2 Å². The number of anilines is 1. The molecule has 0 bridgehead atoms. The smallest absolute Gasteiger partial charge is 0.155 e. The third-order valence-electron chi connectivity index (χ3n) is 2.87. The van der Waals surface area contributed by atoms with Gasteiger partial charge in [0.25, 0.3) is 0 Å². The minimum Gasteiger partial charge on any atom is -0.497 e. The highest BCUT2D eigenvalue weighted by Crippen LogP contribution is 2.30. The second-order valence-electron chi connectivity index (χ2n) is 4.23. The van der Waals surface area contributed by atoms with Gasteiger partial charge >= 0.3 is 0 Å².